The molecule has 0 fully saturated rings. The first kappa shape index (κ1) is 17.5. The summed E-state index contributed by atoms with van der Waals surface area (Å²) in [5.74, 6) is 1.57. The van der Waals surface area contributed by atoms with Crippen molar-refractivity contribution < 1.29 is 0 Å². The van der Waals surface area contributed by atoms with Crippen molar-refractivity contribution >= 4 is 45.1 Å². The molecule has 0 N–H and O–H groups in total. The third kappa shape index (κ3) is 3.75. The second-order valence-corrected chi connectivity index (χ2v) is 8.85. The Morgan fingerprint density at radius 3 is 2.50 bits per heavy atom. The topological polar surface area (TPSA) is 51.6 Å². The minimum Gasteiger partial charge on any atom is -0.231 e. The molecule has 7 heteroatoms. The van der Waals surface area contributed by atoms with E-state index < -0.39 is 0 Å². The lowest BCUT2D eigenvalue weighted by Gasteiger charge is -2.06. The fraction of sp³-hybridized carbons (Fsp3) is 0.158. The summed E-state index contributed by atoms with van der Waals surface area (Å²) in [4.78, 5) is 21.8. The highest BCUT2D eigenvalue weighted by Gasteiger charge is 2.16. The van der Waals surface area contributed by atoms with Gasteiger partial charge in [-0.1, -0.05) is 18.2 Å². The number of aryl methyl sites for hydroxylation is 2. The molecule has 4 rings (SSSR count). The Morgan fingerprint density at radius 2 is 1.73 bits per heavy atom. The van der Waals surface area contributed by atoms with Crippen LogP contribution in [0, 0.1) is 13.8 Å². The maximum absolute atomic E-state index is 4.84. The lowest BCUT2D eigenvalue weighted by atomic mass is 10.2. The van der Waals surface area contributed by atoms with E-state index in [0.29, 0.717) is 5.16 Å². The number of nitrogens with zero attached hydrogens (tertiary/aromatic N) is 4. The number of hydrogen-bond acceptors (Lipinski definition) is 7. The van der Waals surface area contributed by atoms with Crippen molar-refractivity contribution in [1.29, 1.82) is 0 Å². The molecule has 0 radical (unpaired) electrons. The van der Waals surface area contributed by atoms with E-state index >= 15 is 0 Å². The Bertz CT molecular complexity index is 1030. The largest absolute Gasteiger partial charge is 0.231 e. The number of aromatic nitrogens is 4. The third-order valence-corrected chi connectivity index (χ3v) is 6.87. The lowest BCUT2D eigenvalue weighted by Crippen LogP contribution is -1.96. The highest BCUT2D eigenvalue weighted by molar-refractivity contribution is 7.99. The quantitative estimate of drug-likeness (QED) is 0.251. The Balaban J connectivity index is 1.70. The van der Waals surface area contributed by atoms with Crippen LogP contribution in [0.5, 0.6) is 0 Å². The summed E-state index contributed by atoms with van der Waals surface area (Å²) in [7, 11) is 0. The van der Waals surface area contributed by atoms with E-state index in [9.17, 15) is 0 Å². The molecule has 0 spiro atoms. The predicted octanol–water partition coefficient (Wildman–Crippen LogP) is 5.54. The second kappa shape index (κ2) is 7.73. The first-order valence-corrected chi connectivity index (χ1v) is 10.7. The van der Waals surface area contributed by atoms with Gasteiger partial charge in [0.15, 0.2) is 5.16 Å². The van der Waals surface area contributed by atoms with Crippen LogP contribution in [-0.2, 0) is 5.75 Å². The number of benzene rings is 1. The van der Waals surface area contributed by atoms with Gasteiger partial charge in [-0.2, -0.15) is 0 Å². The van der Waals surface area contributed by atoms with Gasteiger partial charge in [0.1, 0.15) is 15.7 Å². The fourth-order valence-corrected chi connectivity index (χ4v) is 5.27. The summed E-state index contributed by atoms with van der Waals surface area (Å²) in [6.45, 7) is 4.26. The molecule has 3 heterocycles. The van der Waals surface area contributed by atoms with Gasteiger partial charge in [-0.25, -0.2) is 19.9 Å². The zero-order valence-electron chi connectivity index (χ0n) is 14.3. The van der Waals surface area contributed by atoms with Crippen molar-refractivity contribution in [2.45, 2.75) is 34.7 Å². The van der Waals surface area contributed by atoms with Gasteiger partial charge in [0.05, 0.1) is 5.75 Å². The van der Waals surface area contributed by atoms with Gasteiger partial charge in [-0.15, -0.1) is 23.1 Å². The molecule has 4 nitrogen and oxygen atoms in total. The summed E-state index contributed by atoms with van der Waals surface area (Å²) in [6.07, 6.45) is 3.51. The van der Waals surface area contributed by atoms with E-state index in [1.807, 2.05) is 24.3 Å². The molecular weight excluding hydrogens is 380 g/mol. The highest BCUT2D eigenvalue weighted by Crippen LogP contribution is 2.37. The minimum absolute atomic E-state index is 0.706. The van der Waals surface area contributed by atoms with Gasteiger partial charge in [-0.05, 0) is 49.4 Å². The van der Waals surface area contributed by atoms with Gasteiger partial charge >= 0.3 is 0 Å². The summed E-state index contributed by atoms with van der Waals surface area (Å²) in [5, 5.41) is 2.77. The zero-order chi connectivity index (χ0) is 17.9. The lowest BCUT2D eigenvalue weighted by molar-refractivity contribution is 0.950. The minimum atomic E-state index is 0.706. The first-order chi connectivity index (χ1) is 12.7. The van der Waals surface area contributed by atoms with Crippen LogP contribution in [0.4, 0.5) is 0 Å². The Kier molecular flexibility index (Phi) is 5.19. The van der Waals surface area contributed by atoms with Crippen molar-refractivity contribution in [2.24, 2.45) is 0 Å². The molecule has 26 heavy (non-hydrogen) atoms. The van der Waals surface area contributed by atoms with Crippen LogP contribution in [0.2, 0.25) is 0 Å². The number of fused-ring (bicyclic) bond motifs is 1. The maximum Gasteiger partial charge on any atom is 0.193 e. The van der Waals surface area contributed by atoms with Crippen LogP contribution in [0.1, 0.15) is 16.3 Å². The third-order valence-electron chi connectivity index (χ3n) is 3.88. The van der Waals surface area contributed by atoms with Crippen LogP contribution in [-0.4, -0.2) is 19.9 Å². The van der Waals surface area contributed by atoms with Crippen molar-refractivity contribution in [1.82, 2.24) is 19.9 Å². The summed E-state index contributed by atoms with van der Waals surface area (Å²) in [5.41, 5.74) is 1.24. The predicted molar refractivity (Wildman–Crippen MR) is 109 cm³/mol. The van der Waals surface area contributed by atoms with E-state index in [4.69, 9.17) is 9.97 Å². The van der Waals surface area contributed by atoms with Crippen molar-refractivity contribution in [3.05, 3.63) is 65.1 Å². The molecule has 0 amide bonds. The Labute approximate surface area is 164 Å². The number of thioether (sulfide) groups is 1. The zero-order valence-corrected chi connectivity index (χ0v) is 16.8. The molecule has 0 bridgehead atoms. The van der Waals surface area contributed by atoms with Crippen molar-refractivity contribution in [2.75, 3.05) is 0 Å². The van der Waals surface area contributed by atoms with E-state index in [1.54, 1.807) is 35.5 Å². The smallest absolute Gasteiger partial charge is 0.193 e. The number of hydrogen-bond donors (Lipinski definition) is 0. The van der Waals surface area contributed by atoms with Crippen LogP contribution in [0.3, 0.4) is 0 Å². The standard InChI is InChI=1S/C19H16N4S3/c1-12-13(2)25-17-16(12)18(26-19-20-9-6-10-21-19)23-15(22-17)11-24-14-7-4-3-5-8-14/h3-10H,11H2,1-2H3. The summed E-state index contributed by atoms with van der Waals surface area (Å²) < 4.78 is 0. The molecule has 0 atom stereocenters. The SMILES string of the molecule is Cc1sc2nc(CSc3ccccc3)nc(Sc3ncccn3)c2c1C. The van der Waals surface area contributed by atoms with Gasteiger partial charge in [-0.3, -0.25) is 0 Å². The normalized spacial score (nSPS) is 11.2. The highest BCUT2D eigenvalue weighted by atomic mass is 32.2. The fourth-order valence-electron chi connectivity index (χ4n) is 2.48. The first-order valence-electron chi connectivity index (χ1n) is 8.10. The van der Waals surface area contributed by atoms with E-state index in [0.717, 1.165) is 26.8 Å². The molecule has 0 unspecified atom stereocenters. The van der Waals surface area contributed by atoms with Crippen LogP contribution >= 0.6 is 34.9 Å². The van der Waals surface area contributed by atoms with Crippen LogP contribution in [0.25, 0.3) is 10.2 Å². The molecule has 0 saturated carbocycles. The van der Waals surface area contributed by atoms with Gasteiger partial charge < -0.3 is 0 Å². The van der Waals surface area contributed by atoms with Crippen molar-refractivity contribution in [3.8, 4) is 0 Å². The molecule has 0 aliphatic rings. The molecule has 130 valence electrons. The van der Waals surface area contributed by atoms with Gasteiger partial charge in [0, 0.05) is 27.6 Å². The molecule has 3 aromatic heterocycles. The van der Waals surface area contributed by atoms with Crippen molar-refractivity contribution in [3.63, 3.8) is 0 Å². The van der Waals surface area contributed by atoms with Crippen LogP contribution < -0.4 is 0 Å². The Hall–Kier alpha value is -1.96. The van der Waals surface area contributed by atoms with E-state index in [1.165, 1.54) is 27.1 Å². The van der Waals surface area contributed by atoms with Crippen LogP contribution in [0.15, 0.2) is 63.9 Å². The van der Waals surface area contributed by atoms with Gasteiger partial charge in [0.2, 0.25) is 0 Å². The van der Waals surface area contributed by atoms with E-state index in [-0.39, 0.29) is 0 Å². The summed E-state index contributed by atoms with van der Waals surface area (Å²) >= 11 is 4.98. The molecular formula is C19H16N4S3. The molecule has 0 aliphatic heterocycles. The second-order valence-electron chi connectivity index (χ2n) is 5.64. The molecule has 0 aliphatic carbocycles. The van der Waals surface area contributed by atoms with Gasteiger partial charge in [0.25, 0.3) is 0 Å². The number of rotatable bonds is 5. The molecule has 0 saturated heterocycles. The maximum atomic E-state index is 4.84. The Morgan fingerprint density at radius 1 is 0.962 bits per heavy atom. The summed E-state index contributed by atoms with van der Waals surface area (Å²) in [6, 6.07) is 12.2. The van der Waals surface area contributed by atoms with E-state index in [2.05, 4.69) is 35.9 Å². The monoisotopic (exact) mass is 396 g/mol. The average molecular weight is 397 g/mol. The molecule has 4 aromatic rings. The average Bonchev–Trinajstić information content (AvgIpc) is 2.96. The number of thiophene rings is 1. The molecule has 1 aromatic carbocycles.